The monoisotopic (exact) mass is 537 g/mol. The minimum absolute atomic E-state index is 0.0837. The molecular formula is C33H36ClN5. The van der Waals surface area contributed by atoms with Gasteiger partial charge in [0.25, 0.3) is 0 Å². The van der Waals surface area contributed by atoms with Gasteiger partial charge in [-0.3, -0.25) is 4.90 Å². The van der Waals surface area contributed by atoms with E-state index in [0.29, 0.717) is 0 Å². The Morgan fingerprint density at radius 2 is 1.59 bits per heavy atom. The van der Waals surface area contributed by atoms with Crippen LogP contribution in [0.1, 0.15) is 43.3 Å². The van der Waals surface area contributed by atoms with Crippen molar-refractivity contribution in [2.24, 2.45) is 0 Å². The first-order valence-corrected chi connectivity index (χ1v) is 14.2. The molecule has 6 rings (SSSR count). The highest BCUT2D eigenvalue weighted by atomic mass is 35.5. The van der Waals surface area contributed by atoms with Gasteiger partial charge in [0.2, 0.25) is 0 Å². The molecule has 39 heavy (non-hydrogen) atoms. The van der Waals surface area contributed by atoms with Gasteiger partial charge in [0.05, 0.1) is 11.4 Å². The largest absolute Gasteiger partial charge is 0.354 e. The highest BCUT2D eigenvalue weighted by molar-refractivity contribution is 6.30. The van der Waals surface area contributed by atoms with Crippen LogP contribution in [0.15, 0.2) is 66.7 Å². The van der Waals surface area contributed by atoms with Crippen LogP contribution in [0.2, 0.25) is 5.02 Å². The summed E-state index contributed by atoms with van der Waals surface area (Å²) >= 11 is 6.20. The number of fused-ring (bicyclic) bond motifs is 2. The van der Waals surface area contributed by atoms with Gasteiger partial charge in [-0.2, -0.15) is 9.61 Å². The lowest BCUT2D eigenvalue weighted by Gasteiger charge is -2.37. The Bertz CT molecular complexity index is 1650. The molecule has 0 amide bonds. The van der Waals surface area contributed by atoms with Gasteiger partial charge < -0.3 is 4.90 Å². The number of hydrogen-bond acceptors (Lipinski definition) is 4. The van der Waals surface area contributed by atoms with E-state index in [0.717, 1.165) is 71.7 Å². The fourth-order valence-corrected chi connectivity index (χ4v) is 5.81. The van der Waals surface area contributed by atoms with Crippen LogP contribution < -0.4 is 4.90 Å². The Hall–Kier alpha value is -3.41. The molecule has 0 aliphatic carbocycles. The van der Waals surface area contributed by atoms with Crippen LogP contribution >= 0.6 is 11.6 Å². The van der Waals surface area contributed by atoms with Gasteiger partial charge >= 0.3 is 0 Å². The van der Waals surface area contributed by atoms with Crippen molar-refractivity contribution in [3.63, 3.8) is 0 Å². The molecule has 0 unspecified atom stereocenters. The third kappa shape index (κ3) is 4.90. The SMILES string of the molecule is Cc1ccc2ccccc2c1CN1CCN(c2cc(C(C)(C)C)nc3c(-c4ccc(Cl)cc4)c(C)nn23)CC1. The molecule has 1 fully saturated rings. The number of hydrogen-bond donors (Lipinski definition) is 0. The van der Waals surface area contributed by atoms with Crippen LogP contribution in [0.25, 0.3) is 27.5 Å². The molecule has 5 aromatic rings. The molecule has 0 radical (unpaired) electrons. The van der Waals surface area contributed by atoms with Crippen LogP contribution in [0.3, 0.4) is 0 Å². The molecule has 0 spiro atoms. The van der Waals surface area contributed by atoms with Crippen molar-refractivity contribution in [3.05, 3.63) is 94.3 Å². The number of aromatic nitrogens is 3. The molecule has 3 aromatic carbocycles. The van der Waals surface area contributed by atoms with Gasteiger partial charge in [-0.25, -0.2) is 4.98 Å². The predicted molar refractivity (Wildman–Crippen MR) is 163 cm³/mol. The van der Waals surface area contributed by atoms with E-state index in [-0.39, 0.29) is 5.41 Å². The molecule has 0 bridgehead atoms. The molecular weight excluding hydrogens is 502 g/mol. The van der Waals surface area contributed by atoms with Gasteiger partial charge in [0, 0.05) is 54.8 Å². The normalized spacial score (nSPS) is 15.0. The molecule has 2 aromatic heterocycles. The number of benzene rings is 3. The van der Waals surface area contributed by atoms with Crippen LogP contribution in [-0.2, 0) is 12.0 Å². The van der Waals surface area contributed by atoms with Crippen LogP contribution in [0.5, 0.6) is 0 Å². The molecule has 3 heterocycles. The molecule has 1 aliphatic heterocycles. The second-order valence-corrected chi connectivity index (χ2v) is 12.2. The van der Waals surface area contributed by atoms with E-state index in [2.05, 4.69) is 104 Å². The first-order chi connectivity index (χ1) is 18.7. The van der Waals surface area contributed by atoms with Gasteiger partial charge in [0.1, 0.15) is 5.82 Å². The maximum absolute atomic E-state index is 6.20. The smallest absolute Gasteiger partial charge is 0.165 e. The minimum Gasteiger partial charge on any atom is -0.354 e. The summed E-state index contributed by atoms with van der Waals surface area (Å²) in [5, 5.41) is 8.42. The Morgan fingerprint density at radius 1 is 0.872 bits per heavy atom. The van der Waals surface area contributed by atoms with Crippen molar-refractivity contribution >= 4 is 33.8 Å². The standard InChI is InChI=1S/C33H36ClN5/c1-22-10-11-24-8-6-7-9-27(24)28(22)21-37-16-18-38(19-17-37)30-20-29(33(3,4)5)35-32-31(23(2)36-39(30)32)25-12-14-26(34)15-13-25/h6-15,20H,16-19,21H2,1-5H3. The van der Waals surface area contributed by atoms with Crippen molar-refractivity contribution in [2.75, 3.05) is 31.1 Å². The summed E-state index contributed by atoms with van der Waals surface area (Å²) in [5.41, 5.74) is 7.85. The van der Waals surface area contributed by atoms with E-state index < -0.39 is 0 Å². The van der Waals surface area contributed by atoms with E-state index in [9.17, 15) is 0 Å². The highest BCUT2D eigenvalue weighted by Crippen LogP contribution is 2.34. The third-order valence-electron chi connectivity index (χ3n) is 8.00. The topological polar surface area (TPSA) is 36.7 Å². The van der Waals surface area contributed by atoms with Crippen molar-refractivity contribution in [1.29, 1.82) is 0 Å². The molecule has 0 saturated carbocycles. The predicted octanol–water partition coefficient (Wildman–Crippen LogP) is 7.44. The Morgan fingerprint density at radius 3 is 2.31 bits per heavy atom. The number of anilines is 1. The maximum atomic E-state index is 6.20. The van der Waals surface area contributed by atoms with Gasteiger partial charge in [-0.1, -0.05) is 80.9 Å². The zero-order valence-electron chi connectivity index (χ0n) is 23.5. The summed E-state index contributed by atoms with van der Waals surface area (Å²) in [7, 11) is 0. The summed E-state index contributed by atoms with van der Waals surface area (Å²) < 4.78 is 2.05. The molecule has 1 saturated heterocycles. The Balaban J connectivity index is 1.33. The number of nitrogens with zero attached hydrogens (tertiary/aromatic N) is 5. The molecule has 5 nitrogen and oxygen atoms in total. The van der Waals surface area contributed by atoms with Gasteiger partial charge in [-0.15, -0.1) is 0 Å². The minimum atomic E-state index is -0.0837. The van der Waals surface area contributed by atoms with E-state index in [1.165, 1.54) is 21.9 Å². The van der Waals surface area contributed by atoms with Gasteiger partial charge in [-0.05, 0) is 53.4 Å². The van der Waals surface area contributed by atoms with Crippen molar-refractivity contribution in [2.45, 2.75) is 46.6 Å². The zero-order valence-corrected chi connectivity index (χ0v) is 24.3. The molecule has 6 heteroatoms. The Labute approximate surface area is 236 Å². The van der Waals surface area contributed by atoms with Crippen molar-refractivity contribution in [1.82, 2.24) is 19.5 Å². The summed E-state index contributed by atoms with van der Waals surface area (Å²) in [6.45, 7) is 15.9. The van der Waals surface area contributed by atoms with E-state index in [1.54, 1.807) is 0 Å². The second-order valence-electron chi connectivity index (χ2n) is 11.8. The van der Waals surface area contributed by atoms with E-state index >= 15 is 0 Å². The summed E-state index contributed by atoms with van der Waals surface area (Å²) in [4.78, 5) is 10.2. The summed E-state index contributed by atoms with van der Waals surface area (Å²) in [6, 6.07) is 23.5. The van der Waals surface area contributed by atoms with Crippen LogP contribution in [0, 0.1) is 13.8 Å². The second kappa shape index (κ2) is 9.96. The van der Waals surface area contributed by atoms with Gasteiger partial charge in [0.15, 0.2) is 5.65 Å². The molecule has 0 N–H and O–H groups in total. The lowest BCUT2D eigenvalue weighted by molar-refractivity contribution is 0.249. The number of rotatable bonds is 4. The highest BCUT2D eigenvalue weighted by Gasteiger charge is 2.26. The van der Waals surface area contributed by atoms with Crippen LogP contribution in [0.4, 0.5) is 5.82 Å². The lowest BCUT2D eigenvalue weighted by atomic mass is 9.91. The van der Waals surface area contributed by atoms with Crippen molar-refractivity contribution < 1.29 is 0 Å². The number of aryl methyl sites for hydroxylation is 2. The molecule has 200 valence electrons. The number of piperazine rings is 1. The fourth-order valence-electron chi connectivity index (χ4n) is 5.69. The number of halogens is 1. The average molecular weight is 538 g/mol. The summed E-state index contributed by atoms with van der Waals surface area (Å²) in [6.07, 6.45) is 0. The zero-order chi connectivity index (χ0) is 27.3. The first kappa shape index (κ1) is 25.8. The summed E-state index contributed by atoms with van der Waals surface area (Å²) in [5.74, 6) is 1.12. The first-order valence-electron chi connectivity index (χ1n) is 13.8. The fraction of sp³-hybridized carbons (Fsp3) is 0.333. The van der Waals surface area contributed by atoms with Crippen molar-refractivity contribution in [3.8, 4) is 11.1 Å². The maximum Gasteiger partial charge on any atom is 0.165 e. The lowest BCUT2D eigenvalue weighted by Crippen LogP contribution is -2.46. The molecule has 1 aliphatic rings. The Kier molecular flexibility index (Phi) is 6.60. The molecule has 0 atom stereocenters. The average Bonchev–Trinajstić information content (AvgIpc) is 3.26. The quantitative estimate of drug-likeness (QED) is 0.239. The third-order valence-corrected chi connectivity index (χ3v) is 8.25. The van der Waals surface area contributed by atoms with Crippen LogP contribution in [-0.4, -0.2) is 45.7 Å². The van der Waals surface area contributed by atoms with E-state index in [4.69, 9.17) is 21.7 Å². The van der Waals surface area contributed by atoms with E-state index in [1.807, 2.05) is 12.1 Å².